The molecule has 2 fully saturated rings. The standard InChI is InChI=1S/C12H21NO/c1-2-12-6-3-4-11(10-12)5-7-13(12)8-9-14/h2,11,14H,1,3-10H2. The largest absolute Gasteiger partial charge is 0.395 e. The Labute approximate surface area is 86.6 Å². The molecule has 0 aromatic carbocycles. The van der Waals surface area contributed by atoms with Crippen molar-refractivity contribution in [2.45, 2.75) is 37.6 Å². The normalized spacial score (nSPS) is 38.2. The molecule has 2 atom stereocenters. The van der Waals surface area contributed by atoms with E-state index >= 15 is 0 Å². The molecule has 0 spiro atoms. The maximum absolute atomic E-state index is 9.05. The van der Waals surface area contributed by atoms with Gasteiger partial charge >= 0.3 is 0 Å². The molecule has 1 aliphatic heterocycles. The van der Waals surface area contributed by atoms with E-state index in [0.29, 0.717) is 0 Å². The molecule has 2 unspecified atom stereocenters. The zero-order valence-corrected chi connectivity index (χ0v) is 8.91. The lowest BCUT2D eigenvalue weighted by molar-refractivity contribution is 0.00893. The van der Waals surface area contributed by atoms with Crippen LogP contribution >= 0.6 is 0 Å². The van der Waals surface area contributed by atoms with E-state index in [1.807, 2.05) is 0 Å². The third kappa shape index (κ3) is 1.61. The fourth-order valence-electron chi connectivity index (χ4n) is 3.27. The topological polar surface area (TPSA) is 23.5 Å². The molecule has 1 saturated heterocycles. The predicted molar refractivity (Wildman–Crippen MR) is 58.2 cm³/mol. The summed E-state index contributed by atoms with van der Waals surface area (Å²) in [5.74, 6) is 0.914. The van der Waals surface area contributed by atoms with E-state index in [4.69, 9.17) is 5.11 Å². The molecule has 2 rings (SSSR count). The first-order valence-electron chi connectivity index (χ1n) is 5.80. The second kappa shape index (κ2) is 4.03. The minimum Gasteiger partial charge on any atom is -0.395 e. The van der Waals surface area contributed by atoms with Gasteiger partial charge in [-0.2, -0.15) is 0 Å². The Hall–Kier alpha value is -0.340. The monoisotopic (exact) mass is 195 g/mol. The summed E-state index contributed by atoms with van der Waals surface area (Å²) >= 11 is 0. The smallest absolute Gasteiger partial charge is 0.0558 e. The Kier molecular flexibility index (Phi) is 2.93. The molecule has 2 bridgehead atoms. The number of rotatable bonds is 3. The Morgan fingerprint density at radius 2 is 2.36 bits per heavy atom. The van der Waals surface area contributed by atoms with Gasteiger partial charge in [-0.25, -0.2) is 0 Å². The fraction of sp³-hybridized carbons (Fsp3) is 0.833. The molecule has 0 amide bonds. The van der Waals surface area contributed by atoms with Crippen molar-refractivity contribution in [1.29, 1.82) is 0 Å². The molecular formula is C12H21NO. The van der Waals surface area contributed by atoms with Crippen LogP contribution in [-0.4, -0.2) is 35.2 Å². The molecule has 0 aromatic rings. The molecular weight excluding hydrogens is 174 g/mol. The Morgan fingerprint density at radius 3 is 3.07 bits per heavy atom. The lowest BCUT2D eigenvalue weighted by Crippen LogP contribution is -2.55. The number of hydrogen-bond acceptors (Lipinski definition) is 2. The number of fused-ring (bicyclic) bond motifs is 2. The number of aliphatic hydroxyl groups excluding tert-OH is 1. The average Bonchev–Trinajstić information content (AvgIpc) is 2.23. The number of nitrogens with zero attached hydrogens (tertiary/aromatic N) is 1. The molecule has 1 saturated carbocycles. The van der Waals surface area contributed by atoms with Crippen LogP contribution in [-0.2, 0) is 0 Å². The zero-order chi connectivity index (χ0) is 10.0. The van der Waals surface area contributed by atoms with E-state index in [0.717, 1.165) is 19.0 Å². The summed E-state index contributed by atoms with van der Waals surface area (Å²) in [6.45, 7) is 6.25. The minimum absolute atomic E-state index is 0.226. The van der Waals surface area contributed by atoms with Crippen molar-refractivity contribution < 1.29 is 5.11 Å². The van der Waals surface area contributed by atoms with Gasteiger partial charge in [0, 0.05) is 12.1 Å². The molecule has 2 nitrogen and oxygen atoms in total. The highest BCUT2D eigenvalue weighted by Crippen LogP contribution is 2.42. The van der Waals surface area contributed by atoms with Crippen molar-refractivity contribution >= 4 is 0 Å². The summed E-state index contributed by atoms with van der Waals surface area (Å²) in [5.41, 5.74) is 0.226. The lowest BCUT2D eigenvalue weighted by atomic mass is 9.70. The van der Waals surface area contributed by atoms with Crippen molar-refractivity contribution in [2.75, 3.05) is 19.7 Å². The van der Waals surface area contributed by atoms with Crippen molar-refractivity contribution in [2.24, 2.45) is 5.92 Å². The number of β-amino-alcohol motifs (C(OH)–C–C–N with tert-alkyl or cyclic N) is 1. The summed E-state index contributed by atoms with van der Waals surface area (Å²) < 4.78 is 0. The van der Waals surface area contributed by atoms with Gasteiger partial charge in [0.1, 0.15) is 0 Å². The van der Waals surface area contributed by atoms with Gasteiger partial charge in [0.05, 0.1) is 6.61 Å². The molecule has 1 aliphatic carbocycles. The quantitative estimate of drug-likeness (QED) is 0.694. The van der Waals surface area contributed by atoms with Crippen LogP contribution in [0, 0.1) is 5.92 Å². The molecule has 2 aliphatic rings. The van der Waals surface area contributed by atoms with E-state index in [-0.39, 0.29) is 12.1 Å². The summed E-state index contributed by atoms with van der Waals surface area (Å²) in [7, 11) is 0. The van der Waals surface area contributed by atoms with Gasteiger partial charge in [-0.3, -0.25) is 4.90 Å². The van der Waals surface area contributed by atoms with Gasteiger partial charge in [0.25, 0.3) is 0 Å². The molecule has 0 radical (unpaired) electrons. The highest BCUT2D eigenvalue weighted by atomic mass is 16.3. The first kappa shape index (κ1) is 10.2. The maximum atomic E-state index is 9.05. The number of piperidine rings is 1. The van der Waals surface area contributed by atoms with Crippen molar-refractivity contribution in [3.8, 4) is 0 Å². The van der Waals surface area contributed by atoms with E-state index in [1.54, 1.807) is 0 Å². The van der Waals surface area contributed by atoms with Gasteiger partial charge in [-0.1, -0.05) is 18.9 Å². The predicted octanol–water partition coefficient (Wildman–Crippen LogP) is 1.80. The molecule has 14 heavy (non-hydrogen) atoms. The highest BCUT2D eigenvalue weighted by molar-refractivity contribution is 5.09. The third-order valence-corrected chi connectivity index (χ3v) is 4.05. The van der Waals surface area contributed by atoms with E-state index in [1.165, 1.54) is 32.1 Å². The number of aliphatic hydroxyl groups is 1. The maximum Gasteiger partial charge on any atom is 0.0558 e. The lowest BCUT2D eigenvalue weighted by Gasteiger charge is -2.51. The van der Waals surface area contributed by atoms with Crippen LogP contribution in [0.25, 0.3) is 0 Å². The van der Waals surface area contributed by atoms with E-state index in [2.05, 4.69) is 17.6 Å². The number of hydrogen-bond donors (Lipinski definition) is 1. The van der Waals surface area contributed by atoms with Gasteiger partial charge in [-0.05, 0) is 31.7 Å². The van der Waals surface area contributed by atoms with Crippen LogP contribution in [0.2, 0.25) is 0 Å². The summed E-state index contributed by atoms with van der Waals surface area (Å²) in [5, 5.41) is 9.05. The van der Waals surface area contributed by atoms with Gasteiger partial charge in [0.2, 0.25) is 0 Å². The minimum atomic E-state index is 0.226. The van der Waals surface area contributed by atoms with Gasteiger partial charge in [0.15, 0.2) is 0 Å². The fourth-order valence-corrected chi connectivity index (χ4v) is 3.27. The van der Waals surface area contributed by atoms with Crippen molar-refractivity contribution in [3.63, 3.8) is 0 Å². The third-order valence-electron chi connectivity index (χ3n) is 4.05. The van der Waals surface area contributed by atoms with Crippen LogP contribution in [0.3, 0.4) is 0 Å². The zero-order valence-electron chi connectivity index (χ0n) is 8.91. The van der Waals surface area contributed by atoms with E-state index < -0.39 is 0 Å². The second-order valence-electron chi connectivity index (χ2n) is 4.77. The Morgan fingerprint density at radius 1 is 1.50 bits per heavy atom. The molecule has 1 heterocycles. The van der Waals surface area contributed by atoms with Crippen LogP contribution in [0.1, 0.15) is 32.1 Å². The second-order valence-corrected chi connectivity index (χ2v) is 4.77. The van der Waals surface area contributed by atoms with Gasteiger partial charge in [-0.15, -0.1) is 6.58 Å². The Bertz CT molecular complexity index is 216. The molecule has 0 aromatic heterocycles. The van der Waals surface area contributed by atoms with Crippen LogP contribution in [0.15, 0.2) is 12.7 Å². The van der Waals surface area contributed by atoms with Crippen LogP contribution in [0.4, 0.5) is 0 Å². The average molecular weight is 195 g/mol. The molecule has 2 heteroatoms. The van der Waals surface area contributed by atoms with Crippen molar-refractivity contribution in [3.05, 3.63) is 12.7 Å². The summed E-state index contributed by atoms with van der Waals surface area (Å²) in [6.07, 6.45) is 8.70. The molecule has 1 N–H and O–H groups in total. The van der Waals surface area contributed by atoms with E-state index in [9.17, 15) is 0 Å². The number of likely N-dealkylation sites (tertiary alicyclic amines) is 1. The summed E-state index contributed by atoms with van der Waals surface area (Å²) in [4.78, 5) is 2.44. The highest BCUT2D eigenvalue weighted by Gasteiger charge is 2.41. The summed E-state index contributed by atoms with van der Waals surface area (Å²) in [6, 6.07) is 0. The van der Waals surface area contributed by atoms with Crippen LogP contribution in [0.5, 0.6) is 0 Å². The Balaban J connectivity index is 2.13. The van der Waals surface area contributed by atoms with Crippen molar-refractivity contribution in [1.82, 2.24) is 4.90 Å². The molecule has 80 valence electrons. The SMILES string of the molecule is C=CC12CCCC(CCN1CCO)C2. The first-order valence-corrected chi connectivity index (χ1v) is 5.80. The van der Waals surface area contributed by atoms with Gasteiger partial charge < -0.3 is 5.11 Å². The first-order chi connectivity index (χ1) is 6.80. The van der Waals surface area contributed by atoms with Crippen LogP contribution < -0.4 is 0 Å².